The van der Waals surface area contributed by atoms with Crippen molar-refractivity contribution < 1.29 is 0 Å². The second-order valence-electron chi connectivity index (χ2n) is 3.04. The van der Waals surface area contributed by atoms with Crippen LogP contribution in [-0.2, 0) is 0 Å². The van der Waals surface area contributed by atoms with Crippen molar-refractivity contribution >= 4 is 17.4 Å². The van der Waals surface area contributed by atoms with E-state index in [0.29, 0.717) is 6.04 Å². The summed E-state index contributed by atoms with van der Waals surface area (Å²) in [6.07, 6.45) is 2.78. The Labute approximate surface area is 81.7 Å². The van der Waals surface area contributed by atoms with Crippen molar-refractivity contribution in [2.75, 3.05) is 18.4 Å². The second-order valence-corrected chi connectivity index (χ2v) is 3.38. The van der Waals surface area contributed by atoms with Gasteiger partial charge in [0.2, 0.25) is 5.28 Å². The third-order valence-corrected chi connectivity index (χ3v) is 2.22. The van der Waals surface area contributed by atoms with E-state index in [0.717, 1.165) is 25.3 Å². The van der Waals surface area contributed by atoms with E-state index >= 15 is 0 Å². The van der Waals surface area contributed by atoms with Crippen LogP contribution < -0.4 is 10.6 Å². The van der Waals surface area contributed by atoms with Gasteiger partial charge in [-0.1, -0.05) is 0 Å². The van der Waals surface area contributed by atoms with Crippen molar-refractivity contribution in [2.24, 2.45) is 0 Å². The molecule has 0 spiro atoms. The highest BCUT2D eigenvalue weighted by Gasteiger charge is 2.14. The Morgan fingerprint density at radius 2 is 2.54 bits per heavy atom. The van der Waals surface area contributed by atoms with E-state index in [1.165, 1.54) is 0 Å². The van der Waals surface area contributed by atoms with Crippen molar-refractivity contribution in [3.05, 3.63) is 17.5 Å². The van der Waals surface area contributed by atoms with Gasteiger partial charge in [0.05, 0.1) is 0 Å². The standard InChI is InChI=1S/C8H11ClN4/c9-8-11-4-2-7(13-8)12-6-1-3-10-5-6/h2,4,6,10H,1,3,5H2,(H,11,12,13)/t6-/m1/s1. The van der Waals surface area contributed by atoms with Crippen LogP contribution in [0.5, 0.6) is 0 Å². The average molecular weight is 199 g/mol. The summed E-state index contributed by atoms with van der Waals surface area (Å²) in [6.45, 7) is 2.05. The Kier molecular flexibility index (Phi) is 2.61. The Hall–Kier alpha value is -0.870. The molecular formula is C8H11ClN4. The van der Waals surface area contributed by atoms with E-state index in [4.69, 9.17) is 11.6 Å². The number of hydrogen-bond donors (Lipinski definition) is 2. The predicted molar refractivity (Wildman–Crippen MR) is 51.9 cm³/mol. The summed E-state index contributed by atoms with van der Waals surface area (Å²) in [7, 11) is 0. The number of nitrogens with one attached hydrogen (secondary N) is 2. The zero-order valence-electron chi connectivity index (χ0n) is 7.13. The van der Waals surface area contributed by atoms with E-state index < -0.39 is 0 Å². The fourth-order valence-corrected chi connectivity index (χ4v) is 1.55. The van der Waals surface area contributed by atoms with Crippen LogP contribution in [0.15, 0.2) is 12.3 Å². The van der Waals surface area contributed by atoms with E-state index in [1.54, 1.807) is 6.20 Å². The Bertz CT molecular complexity index is 285. The molecule has 70 valence electrons. The van der Waals surface area contributed by atoms with Gasteiger partial charge in [-0.3, -0.25) is 0 Å². The first-order valence-electron chi connectivity index (χ1n) is 4.30. The van der Waals surface area contributed by atoms with Gasteiger partial charge in [-0.05, 0) is 30.6 Å². The molecule has 13 heavy (non-hydrogen) atoms. The molecule has 2 rings (SSSR count). The molecule has 2 N–H and O–H groups in total. The summed E-state index contributed by atoms with van der Waals surface area (Å²) >= 11 is 5.65. The van der Waals surface area contributed by atoms with Crippen LogP contribution in [0.1, 0.15) is 6.42 Å². The van der Waals surface area contributed by atoms with Crippen molar-refractivity contribution in [1.82, 2.24) is 15.3 Å². The molecule has 1 fully saturated rings. The van der Waals surface area contributed by atoms with Crippen LogP contribution in [0.2, 0.25) is 5.28 Å². The molecule has 2 heterocycles. The molecule has 0 unspecified atom stereocenters. The maximum Gasteiger partial charge on any atom is 0.224 e. The lowest BCUT2D eigenvalue weighted by molar-refractivity contribution is 0.787. The van der Waals surface area contributed by atoms with Gasteiger partial charge in [0.1, 0.15) is 5.82 Å². The highest BCUT2D eigenvalue weighted by molar-refractivity contribution is 6.28. The zero-order valence-corrected chi connectivity index (χ0v) is 7.88. The van der Waals surface area contributed by atoms with Crippen LogP contribution in [0.4, 0.5) is 5.82 Å². The molecule has 0 aromatic carbocycles. The van der Waals surface area contributed by atoms with Crippen LogP contribution in [0.25, 0.3) is 0 Å². The molecule has 1 aliphatic rings. The smallest absolute Gasteiger partial charge is 0.224 e. The zero-order chi connectivity index (χ0) is 9.10. The molecule has 1 aliphatic heterocycles. The first-order valence-corrected chi connectivity index (χ1v) is 4.68. The third-order valence-electron chi connectivity index (χ3n) is 2.04. The first kappa shape index (κ1) is 8.72. The van der Waals surface area contributed by atoms with Gasteiger partial charge < -0.3 is 10.6 Å². The Balaban J connectivity index is 2.00. The van der Waals surface area contributed by atoms with Gasteiger partial charge in [0, 0.05) is 18.8 Å². The summed E-state index contributed by atoms with van der Waals surface area (Å²) in [5.74, 6) is 0.800. The lowest BCUT2D eigenvalue weighted by atomic mass is 10.2. The van der Waals surface area contributed by atoms with Gasteiger partial charge >= 0.3 is 0 Å². The van der Waals surface area contributed by atoms with Crippen LogP contribution in [-0.4, -0.2) is 29.1 Å². The monoisotopic (exact) mass is 198 g/mol. The van der Waals surface area contributed by atoms with Crippen LogP contribution in [0.3, 0.4) is 0 Å². The van der Waals surface area contributed by atoms with Gasteiger partial charge in [0.25, 0.3) is 0 Å². The molecular weight excluding hydrogens is 188 g/mol. The van der Waals surface area contributed by atoms with Gasteiger partial charge in [-0.25, -0.2) is 9.97 Å². The van der Waals surface area contributed by atoms with Gasteiger partial charge in [-0.2, -0.15) is 0 Å². The van der Waals surface area contributed by atoms with Crippen molar-refractivity contribution in [2.45, 2.75) is 12.5 Å². The minimum atomic E-state index is 0.288. The molecule has 1 atom stereocenters. The molecule has 0 saturated carbocycles. The Morgan fingerprint density at radius 3 is 3.23 bits per heavy atom. The third kappa shape index (κ3) is 2.29. The maximum absolute atomic E-state index is 5.65. The Morgan fingerprint density at radius 1 is 1.62 bits per heavy atom. The number of aromatic nitrogens is 2. The number of nitrogens with zero attached hydrogens (tertiary/aromatic N) is 2. The lowest BCUT2D eigenvalue weighted by Gasteiger charge is -2.11. The fourth-order valence-electron chi connectivity index (χ4n) is 1.40. The SMILES string of the molecule is Clc1nccc(N[C@@H]2CCNC2)n1. The quantitative estimate of drug-likeness (QED) is 0.694. The summed E-state index contributed by atoms with van der Waals surface area (Å²) in [5, 5.41) is 6.84. The number of halogens is 1. The summed E-state index contributed by atoms with van der Waals surface area (Å²) in [5.41, 5.74) is 0. The molecule has 1 aromatic rings. The number of rotatable bonds is 2. The lowest BCUT2D eigenvalue weighted by Crippen LogP contribution is -2.22. The molecule has 5 heteroatoms. The largest absolute Gasteiger partial charge is 0.366 e. The van der Waals surface area contributed by atoms with Gasteiger partial charge in [0.15, 0.2) is 0 Å². The summed E-state index contributed by atoms with van der Waals surface area (Å²) < 4.78 is 0. The van der Waals surface area contributed by atoms with E-state index in [-0.39, 0.29) is 5.28 Å². The first-order chi connectivity index (χ1) is 6.34. The maximum atomic E-state index is 5.65. The summed E-state index contributed by atoms with van der Waals surface area (Å²) in [4.78, 5) is 7.87. The van der Waals surface area contributed by atoms with E-state index in [2.05, 4.69) is 20.6 Å². The predicted octanol–water partition coefficient (Wildman–Crippen LogP) is 0.904. The second kappa shape index (κ2) is 3.89. The molecule has 4 nitrogen and oxygen atoms in total. The molecule has 0 amide bonds. The average Bonchev–Trinajstić information content (AvgIpc) is 2.57. The molecule has 0 bridgehead atoms. The van der Waals surface area contributed by atoms with Crippen molar-refractivity contribution in [3.63, 3.8) is 0 Å². The molecule has 1 saturated heterocycles. The van der Waals surface area contributed by atoms with E-state index in [9.17, 15) is 0 Å². The number of anilines is 1. The summed E-state index contributed by atoms with van der Waals surface area (Å²) in [6, 6.07) is 2.29. The fraction of sp³-hybridized carbons (Fsp3) is 0.500. The minimum Gasteiger partial charge on any atom is -0.366 e. The van der Waals surface area contributed by atoms with Crippen molar-refractivity contribution in [1.29, 1.82) is 0 Å². The van der Waals surface area contributed by atoms with Crippen LogP contribution in [0, 0.1) is 0 Å². The van der Waals surface area contributed by atoms with Crippen LogP contribution >= 0.6 is 11.6 Å². The highest BCUT2D eigenvalue weighted by Crippen LogP contribution is 2.09. The molecule has 0 aliphatic carbocycles. The topological polar surface area (TPSA) is 49.8 Å². The molecule has 0 radical (unpaired) electrons. The molecule has 1 aromatic heterocycles. The number of hydrogen-bond acceptors (Lipinski definition) is 4. The van der Waals surface area contributed by atoms with Gasteiger partial charge in [-0.15, -0.1) is 0 Å². The van der Waals surface area contributed by atoms with Crippen molar-refractivity contribution in [3.8, 4) is 0 Å². The minimum absolute atomic E-state index is 0.288. The van der Waals surface area contributed by atoms with E-state index in [1.807, 2.05) is 6.07 Å². The highest BCUT2D eigenvalue weighted by atomic mass is 35.5. The normalized spacial score (nSPS) is 21.8.